The van der Waals surface area contributed by atoms with Crippen LogP contribution in [0.1, 0.15) is 20.3 Å². The van der Waals surface area contributed by atoms with E-state index in [9.17, 15) is 8.42 Å². The van der Waals surface area contributed by atoms with E-state index in [2.05, 4.69) is 4.72 Å². The summed E-state index contributed by atoms with van der Waals surface area (Å²) in [6, 6.07) is 4.98. The first kappa shape index (κ1) is 16.1. The summed E-state index contributed by atoms with van der Waals surface area (Å²) < 4.78 is 32.3. The van der Waals surface area contributed by atoms with E-state index in [0.717, 1.165) is 12.1 Å². The molecule has 2 rings (SSSR count). The smallest absolute Gasteiger partial charge is 0.240 e. The number of anilines is 2. The molecular formula is C14H23N3O3S. The molecule has 1 aliphatic heterocycles. The second-order valence-corrected chi connectivity index (χ2v) is 7.03. The third-order valence-electron chi connectivity index (χ3n) is 3.86. The van der Waals surface area contributed by atoms with Crippen LogP contribution in [0.5, 0.6) is 0 Å². The fourth-order valence-electron chi connectivity index (χ4n) is 2.68. The van der Waals surface area contributed by atoms with E-state index < -0.39 is 10.0 Å². The molecule has 1 heterocycles. The summed E-state index contributed by atoms with van der Waals surface area (Å²) in [6.45, 7) is 4.83. The number of rotatable bonds is 5. The minimum absolute atomic E-state index is 0.100. The fourth-order valence-corrected chi connectivity index (χ4v) is 3.74. The molecule has 6 nitrogen and oxygen atoms in total. The van der Waals surface area contributed by atoms with E-state index in [-0.39, 0.29) is 17.0 Å². The van der Waals surface area contributed by atoms with Crippen molar-refractivity contribution >= 4 is 21.4 Å². The standard InChI is InChI=1S/C14H23N3O3S/c1-4-16-21(18,19)11-5-6-12(15)14(9-11)17(3)13-7-8-20-10(13)2/h5-6,9-10,13,16H,4,7-8,15H2,1-3H3. The molecule has 21 heavy (non-hydrogen) atoms. The molecule has 0 radical (unpaired) electrons. The van der Waals surface area contributed by atoms with Crippen molar-refractivity contribution in [1.29, 1.82) is 0 Å². The summed E-state index contributed by atoms with van der Waals surface area (Å²) in [4.78, 5) is 2.24. The lowest BCUT2D eigenvalue weighted by atomic mass is 10.1. The predicted molar refractivity (Wildman–Crippen MR) is 83.9 cm³/mol. The number of likely N-dealkylation sites (N-methyl/N-ethyl adjacent to an activating group) is 1. The van der Waals surface area contributed by atoms with Crippen molar-refractivity contribution in [2.75, 3.05) is 30.8 Å². The number of hydrogen-bond acceptors (Lipinski definition) is 5. The number of sulfonamides is 1. The van der Waals surface area contributed by atoms with E-state index in [1.165, 1.54) is 6.07 Å². The van der Waals surface area contributed by atoms with E-state index in [4.69, 9.17) is 10.5 Å². The Kier molecular flexibility index (Phi) is 4.75. The maximum atomic E-state index is 12.1. The number of nitrogens with one attached hydrogen (secondary N) is 1. The third-order valence-corrected chi connectivity index (χ3v) is 5.40. The zero-order valence-corrected chi connectivity index (χ0v) is 13.5. The molecule has 0 aromatic heterocycles. The van der Waals surface area contributed by atoms with Crippen LogP contribution in [0.15, 0.2) is 23.1 Å². The Morgan fingerprint density at radius 1 is 1.48 bits per heavy atom. The molecule has 1 aromatic carbocycles. The molecule has 1 fully saturated rings. The highest BCUT2D eigenvalue weighted by atomic mass is 32.2. The van der Waals surface area contributed by atoms with Gasteiger partial charge in [-0.1, -0.05) is 6.92 Å². The summed E-state index contributed by atoms with van der Waals surface area (Å²) >= 11 is 0. The molecule has 0 bridgehead atoms. The molecule has 0 spiro atoms. The Hall–Kier alpha value is -1.31. The number of hydrogen-bond donors (Lipinski definition) is 2. The Balaban J connectivity index is 2.35. The molecule has 1 aromatic rings. The zero-order chi connectivity index (χ0) is 15.6. The Labute approximate surface area is 126 Å². The van der Waals surface area contributed by atoms with Gasteiger partial charge in [0.15, 0.2) is 0 Å². The van der Waals surface area contributed by atoms with Crippen LogP contribution in [0.25, 0.3) is 0 Å². The van der Waals surface area contributed by atoms with Gasteiger partial charge in [-0.2, -0.15) is 0 Å². The van der Waals surface area contributed by atoms with Gasteiger partial charge < -0.3 is 15.4 Å². The molecule has 118 valence electrons. The van der Waals surface area contributed by atoms with Gasteiger partial charge >= 0.3 is 0 Å². The van der Waals surface area contributed by atoms with E-state index in [1.54, 1.807) is 19.1 Å². The predicted octanol–water partition coefficient (Wildman–Crippen LogP) is 1.18. The van der Waals surface area contributed by atoms with Crippen LogP contribution in [0.4, 0.5) is 11.4 Å². The molecule has 1 saturated heterocycles. The van der Waals surface area contributed by atoms with Crippen LogP contribution in [-0.2, 0) is 14.8 Å². The lowest BCUT2D eigenvalue weighted by Crippen LogP contribution is -2.37. The summed E-state index contributed by atoms with van der Waals surface area (Å²) in [5.74, 6) is 0. The maximum Gasteiger partial charge on any atom is 0.240 e. The molecule has 1 aliphatic rings. The molecule has 0 amide bonds. The number of nitrogens with two attached hydrogens (primary N) is 1. The number of nitrogen functional groups attached to an aromatic ring is 1. The average Bonchev–Trinajstić information content (AvgIpc) is 2.84. The van der Waals surface area contributed by atoms with Gasteiger partial charge in [0.25, 0.3) is 0 Å². The van der Waals surface area contributed by atoms with Crippen LogP contribution in [0, 0.1) is 0 Å². The van der Waals surface area contributed by atoms with Crippen molar-refractivity contribution in [3.63, 3.8) is 0 Å². The van der Waals surface area contributed by atoms with Crippen molar-refractivity contribution in [1.82, 2.24) is 4.72 Å². The largest absolute Gasteiger partial charge is 0.397 e. The lowest BCUT2D eigenvalue weighted by Gasteiger charge is -2.30. The van der Waals surface area contributed by atoms with Crippen molar-refractivity contribution in [3.8, 4) is 0 Å². The monoisotopic (exact) mass is 313 g/mol. The molecule has 3 N–H and O–H groups in total. The van der Waals surface area contributed by atoms with Gasteiger partial charge in [-0.25, -0.2) is 13.1 Å². The van der Waals surface area contributed by atoms with E-state index >= 15 is 0 Å². The van der Waals surface area contributed by atoms with Gasteiger partial charge in [0.2, 0.25) is 10.0 Å². The van der Waals surface area contributed by atoms with Crippen LogP contribution < -0.4 is 15.4 Å². The summed E-state index contributed by atoms with van der Waals surface area (Å²) in [5, 5.41) is 0. The highest BCUT2D eigenvalue weighted by molar-refractivity contribution is 7.89. The average molecular weight is 313 g/mol. The van der Waals surface area contributed by atoms with Crippen LogP contribution >= 0.6 is 0 Å². The third kappa shape index (κ3) is 3.30. The van der Waals surface area contributed by atoms with E-state index in [0.29, 0.717) is 18.8 Å². The number of benzene rings is 1. The quantitative estimate of drug-likeness (QED) is 0.797. The van der Waals surface area contributed by atoms with Crippen molar-refractivity contribution in [2.45, 2.75) is 37.3 Å². The highest BCUT2D eigenvalue weighted by Crippen LogP contribution is 2.30. The van der Waals surface area contributed by atoms with Gasteiger partial charge in [0, 0.05) is 20.2 Å². The first-order chi connectivity index (χ1) is 9.86. The minimum atomic E-state index is -3.48. The molecule has 0 aliphatic carbocycles. The molecule has 0 saturated carbocycles. The molecule has 2 atom stereocenters. The maximum absolute atomic E-state index is 12.1. The SMILES string of the molecule is CCNS(=O)(=O)c1ccc(N)c(N(C)C2CCOC2C)c1. The van der Waals surface area contributed by atoms with Crippen molar-refractivity contribution in [3.05, 3.63) is 18.2 Å². The Morgan fingerprint density at radius 2 is 2.19 bits per heavy atom. The number of ether oxygens (including phenoxy) is 1. The minimum Gasteiger partial charge on any atom is -0.397 e. The zero-order valence-electron chi connectivity index (χ0n) is 12.7. The summed E-state index contributed by atoms with van der Waals surface area (Å²) in [6.07, 6.45) is 1.00. The van der Waals surface area contributed by atoms with Crippen LogP contribution in [-0.4, -0.2) is 40.8 Å². The van der Waals surface area contributed by atoms with Crippen molar-refractivity contribution in [2.24, 2.45) is 0 Å². The van der Waals surface area contributed by atoms with Crippen molar-refractivity contribution < 1.29 is 13.2 Å². The topological polar surface area (TPSA) is 84.7 Å². The Morgan fingerprint density at radius 3 is 2.76 bits per heavy atom. The normalized spacial score (nSPS) is 22.4. The first-order valence-electron chi connectivity index (χ1n) is 7.10. The van der Waals surface area contributed by atoms with Crippen LogP contribution in [0.2, 0.25) is 0 Å². The molecule has 2 unspecified atom stereocenters. The van der Waals surface area contributed by atoms with Crippen LogP contribution in [0.3, 0.4) is 0 Å². The van der Waals surface area contributed by atoms with Gasteiger partial charge in [-0.15, -0.1) is 0 Å². The molecule has 7 heteroatoms. The van der Waals surface area contributed by atoms with Gasteiger partial charge in [0.05, 0.1) is 28.4 Å². The molecular weight excluding hydrogens is 290 g/mol. The Bertz CT molecular complexity index is 603. The van der Waals surface area contributed by atoms with Gasteiger partial charge in [0.1, 0.15) is 0 Å². The van der Waals surface area contributed by atoms with E-state index in [1.807, 2.05) is 18.9 Å². The highest BCUT2D eigenvalue weighted by Gasteiger charge is 2.29. The fraction of sp³-hybridized carbons (Fsp3) is 0.571. The second kappa shape index (κ2) is 6.21. The lowest BCUT2D eigenvalue weighted by molar-refractivity contribution is 0.118. The summed E-state index contributed by atoms with van der Waals surface area (Å²) in [5.41, 5.74) is 7.30. The summed E-state index contributed by atoms with van der Waals surface area (Å²) in [7, 11) is -1.56. The second-order valence-electron chi connectivity index (χ2n) is 5.26. The van der Waals surface area contributed by atoms with Gasteiger partial charge in [-0.05, 0) is 31.5 Å². The first-order valence-corrected chi connectivity index (χ1v) is 8.58. The number of nitrogens with zero attached hydrogens (tertiary/aromatic N) is 1. The van der Waals surface area contributed by atoms with Gasteiger partial charge in [-0.3, -0.25) is 0 Å².